The summed E-state index contributed by atoms with van der Waals surface area (Å²) < 4.78 is 11.3. The van der Waals surface area contributed by atoms with Crippen LogP contribution in [0.5, 0.6) is 5.75 Å². The molecular formula is C19H23NO5. The van der Waals surface area contributed by atoms with Crippen LogP contribution in [0.15, 0.2) is 21.3 Å². The fourth-order valence-corrected chi connectivity index (χ4v) is 3.28. The van der Waals surface area contributed by atoms with Gasteiger partial charge in [-0.05, 0) is 62.3 Å². The topological polar surface area (TPSA) is 88.8 Å². The summed E-state index contributed by atoms with van der Waals surface area (Å²) in [5.41, 5.74) is 2.89. The van der Waals surface area contributed by atoms with Crippen molar-refractivity contribution in [3.05, 3.63) is 39.2 Å². The van der Waals surface area contributed by atoms with Gasteiger partial charge in [-0.1, -0.05) is 0 Å². The van der Waals surface area contributed by atoms with Gasteiger partial charge in [0.1, 0.15) is 11.3 Å². The Balaban J connectivity index is 1.92. The number of ether oxygens (including phenoxy) is 1. The van der Waals surface area contributed by atoms with E-state index in [-0.39, 0.29) is 24.7 Å². The number of aryl methyl sites for hydroxylation is 2. The van der Waals surface area contributed by atoms with Gasteiger partial charge in [0.15, 0.2) is 6.61 Å². The Labute approximate surface area is 145 Å². The molecule has 1 aromatic heterocycles. The minimum atomic E-state index is -0.263. The van der Waals surface area contributed by atoms with Crippen molar-refractivity contribution in [2.75, 3.05) is 19.8 Å². The van der Waals surface area contributed by atoms with Crippen LogP contribution < -0.4 is 15.7 Å². The molecule has 1 aliphatic carbocycles. The molecule has 0 saturated carbocycles. The van der Waals surface area contributed by atoms with Crippen LogP contribution in [0.1, 0.15) is 36.0 Å². The number of fused-ring (bicyclic) bond motifs is 3. The highest BCUT2D eigenvalue weighted by atomic mass is 16.5. The highest BCUT2D eigenvalue weighted by molar-refractivity contribution is 5.89. The van der Waals surface area contributed by atoms with Crippen molar-refractivity contribution in [2.24, 2.45) is 0 Å². The molecule has 0 unspecified atom stereocenters. The second-order valence-corrected chi connectivity index (χ2v) is 6.41. The molecular weight excluding hydrogens is 322 g/mol. The van der Waals surface area contributed by atoms with Gasteiger partial charge in [0.2, 0.25) is 0 Å². The Hall–Kier alpha value is -2.34. The van der Waals surface area contributed by atoms with Gasteiger partial charge in [0.25, 0.3) is 5.91 Å². The summed E-state index contributed by atoms with van der Waals surface area (Å²) in [6.45, 7) is 2.23. The van der Waals surface area contributed by atoms with E-state index in [4.69, 9.17) is 14.3 Å². The van der Waals surface area contributed by atoms with Crippen LogP contribution >= 0.6 is 0 Å². The van der Waals surface area contributed by atoms with E-state index in [2.05, 4.69) is 5.32 Å². The zero-order valence-corrected chi connectivity index (χ0v) is 14.4. The minimum absolute atomic E-state index is 0.0365. The van der Waals surface area contributed by atoms with Gasteiger partial charge in [-0.25, -0.2) is 4.79 Å². The summed E-state index contributed by atoms with van der Waals surface area (Å²) in [5.74, 6) is 0.337. The van der Waals surface area contributed by atoms with Crippen molar-refractivity contribution in [1.82, 2.24) is 5.32 Å². The molecule has 25 heavy (non-hydrogen) atoms. The second-order valence-electron chi connectivity index (χ2n) is 6.41. The molecule has 0 radical (unpaired) electrons. The van der Waals surface area contributed by atoms with Crippen LogP contribution in [0.25, 0.3) is 11.0 Å². The first kappa shape index (κ1) is 17.5. The SMILES string of the molecule is Cc1cc(OCC(=O)NCCCO)c2c3c(c(=O)oc2c1)CCCC3. The lowest BCUT2D eigenvalue weighted by Gasteiger charge is -2.18. The number of aliphatic hydroxyl groups is 1. The van der Waals surface area contributed by atoms with E-state index in [1.807, 2.05) is 19.1 Å². The van der Waals surface area contributed by atoms with Gasteiger partial charge >= 0.3 is 5.63 Å². The third-order valence-electron chi connectivity index (χ3n) is 4.44. The molecule has 1 heterocycles. The molecule has 0 atom stereocenters. The van der Waals surface area contributed by atoms with Crippen molar-refractivity contribution in [1.29, 1.82) is 0 Å². The van der Waals surface area contributed by atoms with E-state index in [0.717, 1.165) is 47.8 Å². The molecule has 0 aliphatic heterocycles. The van der Waals surface area contributed by atoms with Gasteiger partial charge in [-0.15, -0.1) is 0 Å². The standard InChI is InChI=1S/C19H23NO5/c1-12-9-15(24-11-17(22)20-7-4-8-21)18-13-5-2-3-6-14(13)19(23)25-16(18)10-12/h9-10,21H,2-8,11H2,1H3,(H,20,22). The number of hydrogen-bond donors (Lipinski definition) is 2. The lowest BCUT2D eigenvalue weighted by molar-refractivity contribution is -0.123. The van der Waals surface area contributed by atoms with Gasteiger partial charge in [0.05, 0.1) is 5.39 Å². The van der Waals surface area contributed by atoms with Crippen LogP contribution in [0.2, 0.25) is 0 Å². The molecule has 0 saturated heterocycles. The first-order valence-electron chi connectivity index (χ1n) is 8.69. The number of carbonyl (C=O) groups is 1. The number of benzene rings is 1. The third-order valence-corrected chi connectivity index (χ3v) is 4.44. The van der Waals surface area contributed by atoms with Gasteiger partial charge in [0, 0.05) is 18.7 Å². The maximum absolute atomic E-state index is 12.2. The van der Waals surface area contributed by atoms with Crippen LogP contribution in [0, 0.1) is 6.92 Å². The van der Waals surface area contributed by atoms with E-state index < -0.39 is 0 Å². The van der Waals surface area contributed by atoms with Gasteiger partial charge in [-0.3, -0.25) is 4.79 Å². The Morgan fingerprint density at radius 2 is 2.04 bits per heavy atom. The van der Waals surface area contributed by atoms with Crippen molar-refractivity contribution >= 4 is 16.9 Å². The van der Waals surface area contributed by atoms with Crippen molar-refractivity contribution in [2.45, 2.75) is 39.0 Å². The molecule has 0 spiro atoms. The molecule has 6 nitrogen and oxygen atoms in total. The quantitative estimate of drug-likeness (QED) is 0.616. The Morgan fingerprint density at radius 1 is 1.28 bits per heavy atom. The molecule has 134 valence electrons. The Bertz CT molecular complexity index is 840. The minimum Gasteiger partial charge on any atom is -0.483 e. The first-order chi connectivity index (χ1) is 12.1. The van der Waals surface area contributed by atoms with Crippen LogP contribution in [0.3, 0.4) is 0 Å². The first-order valence-corrected chi connectivity index (χ1v) is 8.69. The summed E-state index contributed by atoms with van der Waals surface area (Å²) in [7, 11) is 0. The largest absolute Gasteiger partial charge is 0.483 e. The number of aliphatic hydroxyl groups excluding tert-OH is 1. The summed E-state index contributed by atoms with van der Waals surface area (Å²) in [5, 5.41) is 12.3. The van der Waals surface area contributed by atoms with E-state index >= 15 is 0 Å². The van der Waals surface area contributed by atoms with E-state index in [1.165, 1.54) is 0 Å². The zero-order chi connectivity index (χ0) is 17.8. The van der Waals surface area contributed by atoms with Crippen LogP contribution in [-0.4, -0.2) is 30.8 Å². The monoisotopic (exact) mass is 345 g/mol. The van der Waals surface area contributed by atoms with E-state index in [9.17, 15) is 9.59 Å². The molecule has 0 bridgehead atoms. The van der Waals surface area contributed by atoms with Crippen LogP contribution in [0.4, 0.5) is 0 Å². The molecule has 2 aromatic rings. The lowest BCUT2D eigenvalue weighted by Crippen LogP contribution is -2.30. The zero-order valence-electron chi connectivity index (χ0n) is 14.4. The van der Waals surface area contributed by atoms with E-state index in [1.54, 1.807) is 0 Å². The maximum Gasteiger partial charge on any atom is 0.339 e. The Kier molecular flexibility index (Phi) is 5.38. The average Bonchev–Trinajstić information content (AvgIpc) is 2.59. The third kappa shape index (κ3) is 3.85. The molecule has 6 heteroatoms. The summed E-state index contributed by atoms with van der Waals surface area (Å²) >= 11 is 0. The fraction of sp³-hybridized carbons (Fsp3) is 0.474. The number of amides is 1. The maximum atomic E-state index is 12.2. The number of carbonyl (C=O) groups excluding carboxylic acids is 1. The van der Waals surface area contributed by atoms with Crippen LogP contribution in [-0.2, 0) is 17.6 Å². The number of nitrogens with one attached hydrogen (secondary N) is 1. The fourth-order valence-electron chi connectivity index (χ4n) is 3.28. The molecule has 0 fully saturated rings. The molecule has 3 rings (SSSR count). The average molecular weight is 345 g/mol. The predicted molar refractivity (Wildman–Crippen MR) is 94.1 cm³/mol. The number of hydrogen-bond acceptors (Lipinski definition) is 5. The summed E-state index contributed by atoms with van der Waals surface area (Å²) in [4.78, 5) is 24.1. The molecule has 1 amide bonds. The normalized spacial score (nSPS) is 13.5. The second kappa shape index (κ2) is 7.70. The van der Waals surface area contributed by atoms with Gasteiger partial charge < -0.3 is 19.6 Å². The Morgan fingerprint density at radius 3 is 2.80 bits per heavy atom. The van der Waals surface area contributed by atoms with Crippen molar-refractivity contribution < 1.29 is 19.1 Å². The summed E-state index contributed by atoms with van der Waals surface area (Å²) in [6, 6.07) is 3.71. The highest BCUT2D eigenvalue weighted by Gasteiger charge is 2.21. The van der Waals surface area contributed by atoms with Crippen molar-refractivity contribution in [3.63, 3.8) is 0 Å². The lowest BCUT2D eigenvalue weighted by atomic mass is 9.90. The smallest absolute Gasteiger partial charge is 0.339 e. The van der Waals surface area contributed by atoms with E-state index in [0.29, 0.717) is 24.3 Å². The number of rotatable bonds is 6. The molecule has 1 aromatic carbocycles. The summed E-state index contributed by atoms with van der Waals surface area (Å²) in [6.07, 6.45) is 4.07. The molecule has 1 aliphatic rings. The van der Waals surface area contributed by atoms with Gasteiger partial charge in [-0.2, -0.15) is 0 Å². The predicted octanol–water partition coefficient (Wildman–Crippen LogP) is 1.86. The van der Waals surface area contributed by atoms with Crippen molar-refractivity contribution in [3.8, 4) is 5.75 Å². The molecule has 2 N–H and O–H groups in total. The highest BCUT2D eigenvalue weighted by Crippen LogP contribution is 2.34.